The van der Waals surface area contributed by atoms with E-state index in [2.05, 4.69) is 58.2 Å². The predicted octanol–water partition coefficient (Wildman–Crippen LogP) is 1.70. The number of carboxylic acid groups (broad SMARTS) is 1. The van der Waals surface area contributed by atoms with E-state index in [0.29, 0.717) is 58.8 Å². The van der Waals surface area contributed by atoms with E-state index in [9.17, 15) is 68.1 Å². The molecule has 6 aromatic carbocycles. The van der Waals surface area contributed by atoms with Crippen molar-refractivity contribution in [3.05, 3.63) is 203 Å². The first kappa shape index (κ1) is 103. The minimum absolute atomic E-state index is 0.0859. The lowest BCUT2D eigenvalue weighted by Crippen LogP contribution is -2.61. The van der Waals surface area contributed by atoms with Crippen LogP contribution in [0.5, 0.6) is 11.5 Å². The van der Waals surface area contributed by atoms with Crippen LogP contribution in [0.3, 0.4) is 0 Å². The number of hydrogen-bond acceptors (Lipinski definition) is 20. The highest BCUT2D eigenvalue weighted by Crippen LogP contribution is 2.23. The van der Waals surface area contributed by atoms with Crippen LogP contribution < -0.4 is 64.6 Å². The number of carbonyl (C=O) groups excluding carboxylic acids is 15. The SMILES string of the molecule is CCCCC(C(=O)N(C)CC(=O)NC(CC(=O)O)C(=O)NC(C(=O)N(C)C(Cc1ccccc1)C(=O)NC(Cc1ccc(O)cc1)C(=O)N(C)CC(=O)NC(Cc1c[nH]c2ccccc12)C(=O)NC(Cc1ccc(O)cc1)C(=O)NC(CCCCN)C(=O)NC(CSCC(=O)NC(Cc1ccccc1)C(=O)NC)C(=O)NCC(N)=O)C(C)C)N(C)C(=O)CCc1ccccc1. The number of primary amides is 1. The van der Waals surface area contributed by atoms with E-state index in [1.807, 2.05) is 37.3 Å². The molecule has 37 heteroatoms. The van der Waals surface area contributed by atoms with Gasteiger partial charge in [-0.25, -0.2) is 0 Å². The van der Waals surface area contributed by atoms with Crippen LogP contribution in [-0.4, -0.2) is 268 Å². The van der Waals surface area contributed by atoms with E-state index >= 15 is 24.0 Å². The number of aromatic amines is 1. The summed E-state index contributed by atoms with van der Waals surface area (Å²) < 4.78 is 0. The second kappa shape index (κ2) is 52.5. The Morgan fingerprint density at radius 2 is 0.931 bits per heavy atom. The number of aliphatic carboxylic acids is 1. The van der Waals surface area contributed by atoms with E-state index in [4.69, 9.17) is 11.5 Å². The van der Waals surface area contributed by atoms with Crippen LogP contribution in [0.1, 0.15) is 106 Å². The number of H-pyrrole nitrogens is 1. The quantitative estimate of drug-likeness (QED) is 0.0241. The minimum Gasteiger partial charge on any atom is -0.508 e. The maximum absolute atomic E-state index is 15.4. The van der Waals surface area contributed by atoms with Crippen molar-refractivity contribution < 1.29 is 92.0 Å². The van der Waals surface area contributed by atoms with Crippen molar-refractivity contribution in [2.45, 2.75) is 171 Å². The van der Waals surface area contributed by atoms with Gasteiger partial charge in [0, 0.05) is 96.6 Å². The Hall–Kier alpha value is -13.7. The number of likely N-dealkylation sites (N-methyl/N-ethyl adjacent to an activating group) is 5. The molecule has 0 saturated heterocycles. The molecule has 1 heterocycles. The van der Waals surface area contributed by atoms with E-state index in [1.165, 1.54) is 88.7 Å². The normalized spacial score (nSPS) is 13.4. The number of phenols is 2. The number of carboxylic acids is 1. The molecule has 0 fully saturated rings. The molecule has 15 amide bonds. The fourth-order valence-electron chi connectivity index (χ4n) is 14.4. The summed E-state index contributed by atoms with van der Waals surface area (Å²) in [6.07, 6.45) is 2.29. The minimum atomic E-state index is -1.82. The highest BCUT2D eigenvalue weighted by Gasteiger charge is 2.40. The molecule has 0 aliphatic heterocycles. The molecule has 0 saturated carbocycles. The summed E-state index contributed by atoms with van der Waals surface area (Å²) in [5.74, 6) is -15.4. The van der Waals surface area contributed by atoms with Gasteiger partial charge in [-0.3, -0.25) is 76.7 Å². The largest absolute Gasteiger partial charge is 0.508 e. The van der Waals surface area contributed by atoms with Crippen LogP contribution in [0, 0.1) is 5.92 Å². The van der Waals surface area contributed by atoms with Gasteiger partial charge in [0.2, 0.25) is 88.6 Å². The number of carbonyl (C=O) groups is 16. The second-order valence-electron chi connectivity index (χ2n) is 32.2. The number of hydrogen-bond donors (Lipinski definition) is 16. The highest BCUT2D eigenvalue weighted by molar-refractivity contribution is 8.00. The number of unbranched alkanes of at least 4 members (excludes halogenated alkanes) is 2. The molecule has 1 aromatic heterocycles. The standard InChI is InChI=1S/C93H121N17O19S/c1-9-10-33-75(109(7)81(117)43-38-58-24-14-11-15-25-58)92(128)108(6)54-79(115)100-72(50-82(118)119)89(125)106-83(57(2)3)93(129)110(8)76(48-60-28-18-13-19-29-60)90(126)104-73(47-62-36-41-65(112)42-37-62)91(127)107(5)53-78(114)99-71(49-63-51-97-67-31-21-20-30-66(63)67)88(124)103-70(46-61-34-39-64(111)40-35-61)87(123)102-68(32-22-23-44-94)86(122)105-74(85(121)98-52-77(95)113)55-130-56-80(116)101-69(84(120)96-4)45-59-26-16-12-17-27-59/h11-21,24-31,34-37,39-42,51,57,68-76,83,97,111-112H,9-10,22-23,32-33,38,43-50,52-56,94H2,1-8H3,(H2,95,113)(H,96,120)(H,98,121)(H,99,114)(H,100,115)(H,101,116)(H,102,123)(H,103,124)(H,104,126)(H,105,122)(H,106,125)(H,118,119). The molecule has 0 bridgehead atoms. The zero-order valence-electron chi connectivity index (χ0n) is 74.4. The number of nitrogens with two attached hydrogens (primary N) is 2. The van der Waals surface area contributed by atoms with Crippen molar-refractivity contribution in [3.8, 4) is 11.5 Å². The van der Waals surface area contributed by atoms with Gasteiger partial charge >= 0.3 is 5.97 Å². The van der Waals surface area contributed by atoms with Crippen LogP contribution in [0.25, 0.3) is 10.9 Å². The lowest BCUT2D eigenvalue weighted by molar-refractivity contribution is -0.146. The van der Waals surface area contributed by atoms with Crippen molar-refractivity contribution >= 4 is 117 Å². The number of nitrogens with one attached hydrogen (secondary N) is 11. The first-order valence-electron chi connectivity index (χ1n) is 43.0. The third-order valence-corrected chi connectivity index (χ3v) is 22.7. The number of aromatic hydroxyl groups is 2. The van der Waals surface area contributed by atoms with Gasteiger partial charge in [-0.15, -0.1) is 11.8 Å². The molecule has 10 atom stereocenters. The molecule has 0 spiro atoms. The maximum atomic E-state index is 15.4. The first-order valence-corrected chi connectivity index (χ1v) is 44.1. The summed E-state index contributed by atoms with van der Waals surface area (Å²) in [7, 11) is 6.81. The Balaban J connectivity index is 1.12. The van der Waals surface area contributed by atoms with Crippen LogP contribution in [0.2, 0.25) is 0 Å². The van der Waals surface area contributed by atoms with Crippen molar-refractivity contribution in [1.29, 1.82) is 0 Å². The van der Waals surface area contributed by atoms with Crippen LogP contribution in [0.4, 0.5) is 0 Å². The second-order valence-corrected chi connectivity index (χ2v) is 33.2. The zero-order valence-corrected chi connectivity index (χ0v) is 75.2. The number of phenolic OH excluding ortho intramolecular Hbond substituents is 2. The fourth-order valence-corrected chi connectivity index (χ4v) is 15.3. The summed E-state index contributed by atoms with van der Waals surface area (Å²) in [5.41, 5.74) is 15.4. The number of fused-ring (bicyclic) bond motifs is 1. The molecule has 130 heavy (non-hydrogen) atoms. The number of amides is 15. The number of para-hydroxylation sites is 1. The third-order valence-electron chi connectivity index (χ3n) is 21.7. The molecule has 18 N–H and O–H groups in total. The summed E-state index contributed by atoms with van der Waals surface area (Å²) >= 11 is 0.903. The number of benzene rings is 6. The number of thioether (sulfide) groups is 1. The third kappa shape index (κ3) is 33.5. The van der Waals surface area contributed by atoms with Gasteiger partial charge < -0.3 is 105 Å². The molecule has 0 aliphatic carbocycles. The van der Waals surface area contributed by atoms with Gasteiger partial charge in [-0.1, -0.05) is 167 Å². The number of nitrogens with zero attached hydrogens (tertiary/aromatic N) is 4. The van der Waals surface area contributed by atoms with Crippen LogP contribution >= 0.6 is 11.8 Å². The molecule has 0 aliphatic rings. The van der Waals surface area contributed by atoms with E-state index in [0.717, 1.165) is 37.6 Å². The number of aromatic nitrogens is 1. The molecular weight excluding hydrogens is 1690 g/mol. The molecule has 698 valence electrons. The van der Waals surface area contributed by atoms with E-state index in [1.54, 1.807) is 105 Å². The predicted molar refractivity (Wildman–Crippen MR) is 488 cm³/mol. The molecular formula is C93H121N17O19S. The van der Waals surface area contributed by atoms with Gasteiger partial charge in [0.15, 0.2) is 0 Å². The summed E-state index contributed by atoms with van der Waals surface area (Å²) in [6, 6.07) is 30.6. The van der Waals surface area contributed by atoms with Crippen LogP contribution in [0.15, 0.2) is 170 Å². The van der Waals surface area contributed by atoms with Gasteiger partial charge in [0.25, 0.3) is 0 Å². The van der Waals surface area contributed by atoms with Gasteiger partial charge in [0.1, 0.15) is 71.9 Å². The lowest BCUT2D eigenvalue weighted by Gasteiger charge is -2.34. The fraction of sp³-hybridized carbons (Fsp3) is 0.419. The zero-order chi connectivity index (χ0) is 95.1. The molecule has 7 aromatic rings. The maximum Gasteiger partial charge on any atom is 0.305 e. The Labute approximate surface area is 759 Å². The highest BCUT2D eigenvalue weighted by atomic mass is 32.2. The average molecular weight is 1810 g/mol. The van der Waals surface area contributed by atoms with E-state index < -0.39 is 181 Å². The Kier molecular flexibility index (Phi) is 41.8. The summed E-state index contributed by atoms with van der Waals surface area (Å²) in [5, 5.41) is 57.7. The topological polar surface area (TPSA) is 535 Å². The monoisotopic (exact) mass is 1810 g/mol. The number of rotatable bonds is 53. The Morgan fingerprint density at radius 1 is 0.454 bits per heavy atom. The Bertz CT molecular complexity index is 4990. The van der Waals surface area contributed by atoms with Crippen molar-refractivity contribution in [3.63, 3.8) is 0 Å². The van der Waals surface area contributed by atoms with Gasteiger partial charge in [-0.05, 0) is 108 Å². The molecule has 36 nitrogen and oxygen atoms in total. The first-order chi connectivity index (χ1) is 62.1. The number of aryl methyl sites for hydroxylation is 1. The summed E-state index contributed by atoms with van der Waals surface area (Å²) in [6.45, 7) is 3.12. The smallest absolute Gasteiger partial charge is 0.305 e. The Morgan fingerprint density at radius 3 is 1.48 bits per heavy atom. The van der Waals surface area contributed by atoms with E-state index in [-0.39, 0.29) is 93.2 Å². The summed E-state index contributed by atoms with van der Waals surface area (Å²) in [4.78, 5) is 234. The van der Waals surface area contributed by atoms with Gasteiger partial charge in [0.05, 0.1) is 31.8 Å². The van der Waals surface area contributed by atoms with Crippen LogP contribution in [-0.2, 0) is 115 Å². The lowest BCUT2D eigenvalue weighted by atomic mass is 9.98. The molecule has 10 unspecified atom stereocenters. The van der Waals surface area contributed by atoms with Crippen molar-refractivity contribution in [1.82, 2.24) is 77.8 Å². The van der Waals surface area contributed by atoms with Gasteiger partial charge in [-0.2, -0.15) is 0 Å². The van der Waals surface area contributed by atoms with Crippen molar-refractivity contribution in [2.75, 3.05) is 72.9 Å². The molecule has 7 rings (SSSR count). The molecule has 0 radical (unpaired) electrons. The van der Waals surface area contributed by atoms with Crippen molar-refractivity contribution in [2.24, 2.45) is 17.4 Å². The average Bonchev–Trinajstić information content (AvgIpc) is 1.74.